The van der Waals surface area contributed by atoms with Crippen LogP contribution in [-0.2, 0) is 7.05 Å². The summed E-state index contributed by atoms with van der Waals surface area (Å²) in [6, 6.07) is 8.19. The summed E-state index contributed by atoms with van der Waals surface area (Å²) < 4.78 is 7.41. The number of nitrogens with zero attached hydrogens (tertiary/aromatic N) is 6. The first-order valence-corrected chi connectivity index (χ1v) is 8.89. The average molecular weight is 352 g/mol. The van der Waals surface area contributed by atoms with Crippen molar-refractivity contribution >= 4 is 22.5 Å². The molecule has 0 aliphatic carbocycles. The summed E-state index contributed by atoms with van der Waals surface area (Å²) in [6.45, 7) is 7.57. The predicted molar refractivity (Wildman–Crippen MR) is 103 cm³/mol. The number of hydrogen-bond acceptors (Lipinski definition) is 6. The van der Waals surface area contributed by atoms with Gasteiger partial charge in [-0.2, -0.15) is 5.10 Å². The van der Waals surface area contributed by atoms with Gasteiger partial charge in [-0.1, -0.05) is 12.1 Å². The Hall–Kier alpha value is -2.83. The van der Waals surface area contributed by atoms with Gasteiger partial charge in [-0.15, -0.1) is 0 Å². The zero-order valence-electron chi connectivity index (χ0n) is 15.7. The Kier molecular flexibility index (Phi) is 4.14. The van der Waals surface area contributed by atoms with Crippen LogP contribution in [-0.4, -0.2) is 53.0 Å². The lowest BCUT2D eigenvalue weighted by Crippen LogP contribution is -2.47. The van der Waals surface area contributed by atoms with Gasteiger partial charge in [-0.05, 0) is 26.0 Å². The molecule has 1 aliphatic rings. The van der Waals surface area contributed by atoms with E-state index in [2.05, 4.69) is 32.0 Å². The third kappa shape index (κ3) is 2.73. The second-order valence-electron chi connectivity index (χ2n) is 6.65. The van der Waals surface area contributed by atoms with Crippen molar-refractivity contribution in [3.05, 3.63) is 35.8 Å². The molecule has 1 aromatic carbocycles. The largest absolute Gasteiger partial charge is 0.495 e. The molecule has 1 aliphatic heterocycles. The fraction of sp³-hybridized carbons (Fsp3) is 0.421. The summed E-state index contributed by atoms with van der Waals surface area (Å²) in [5, 5.41) is 4.53. The first kappa shape index (κ1) is 16.6. The molecule has 0 radical (unpaired) electrons. The molecule has 0 spiro atoms. The maximum absolute atomic E-state index is 5.51. The molecule has 1 fully saturated rings. The number of benzene rings is 1. The highest BCUT2D eigenvalue weighted by Gasteiger charge is 2.24. The number of ether oxygens (including phenoxy) is 1. The van der Waals surface area contributed by atoms with Gasteiger partial charge in [-0.3, -0.25) is 4.68 Å². The van der Waals surface area contributed by atoms with Crippen LogP contribution in [0.1, 0.15) is 11.5 Å². The van der Waals surface area contributed by atoms with Crippen LogP contribution in [0.3, 0.4) is 0 Å². The fourth-order valence-corrected chi connectivity index (χ4v) is 3.70. The SMILES string of the molecule is COc1ccccc1N1CCN(c2nc(C)nc3c(C)nn(C)c23)CC1. The molecule has 136 valence electrons. The van der Waals surface area contributed by atoms with Crippen LogP contribution in [0.4, 0.5) is 11.5 Å². The standard InChI is InChI=1S/C19H24N6O/c1-13-17-18(23(3)22-13)19(21-14(2)20-17)25-11-9-24(10-12-25)15-7-5-6-8-16(15)26-4/h5-8H,9-12H2,1-4H3. The number of rotatable bonds is 3. The summed E-state index contributed by atoms with van der Waals surface area (Å²) in [5.41, 5.74) is 4.05. The molecule has 7 nitrogen and oxygen atoms in total. The topological polar surface area (TPSA) is 59.3 Å². The third-order valence-electron chi connectivity index (χ3n) is 4.95. The molecule has 3 aromatic rings. The Balaban J connectivity index is 1.62. The van der Waals surface area contributed by atoms with Crippen LogP contribution in [0, 0.1) is 13.8 Å². The Morgan fingerprint density at radius 1 is 0.962 bits per heavy atom. The summed E-state index contributed by atoms with van der Waals surface area (Å²) in [6.07, 6.45) is 0. The molecule has 0 unspecified atom stereocenters. The smallest absolute Gasteiger partial charge is 0.158 e. The van der Waals surface area contributed by atoms with Crippen molar-refractivity contribution in [1.82, 2.24) is 19.7 Å². The van der Waals surface area contributed by atoms with Crippen LogP contribution in [0.25, 0.3) is 11.0 Å². The minimum atomic E-state index is 0.788. The average Bonchev–Trinajstić information content (AvgIpc) is 2.95. The molecular formula is C19H24N6O. The second kappa shape index (κ2) is 6.48. The normalized spacial score (nSPS) is 14.9. The Morgan fingerprint density at radius 3 is 2.38 bits per heavy atom. The summed E-state index contributed by atoms with van der Waals surface area (Å²) in [5.74, 6) is 2.69. The molecule has 0 bridgehead atoms. The van der Waals surface area contributed by atoms with Gasteiger partial charge in [0.25, 0.3) is 0 Å². The zero-order valence-corrected chi connectivity index (χ0v) is 15.7. The maximum atomic E-state index is 5.51. The second-order valence-corrected chi connectivity index (χ2v) is 6.65. The predicted octanol–water partition coefficient (Wildman–Crippen LogP) is 2.32. The Morgan fingerprint density at radius 2 is 1.65 bits per heavy atom. The van der Waals surface area contributed by atoms with E-state index in [1.807, 2.05) is 37.7 Å². The van der Waals surface area contributed by atoms with Gasteiger partial charge in [0.2, 0.25) is 0 Å². The van der Waals surface area contributed by atoms with Crippen LogP contribution in [0.5, 0.6) is 5.75 Å². The highest BCUT2D eigenvalue weighted by molar-refractivity contribution is 5.88. The van der Waals surface area contributed by atoms with Crippen molar-refractivity contribution in [2.75, 3.05) is 43.1 Å². The van der Waals surface area contributed by atoms with Crippen molar-refractivity contribution in [2.45, 2.75) is 13.8 Å². The first-order chi connectivity index (χ1) is 12.6. The van der Waals surface area contributed by atoms with E-state index < -0.39 is 0 Å². The molecular weight excluding hydrogens is 328 g/mol. The van der Waals surface area contributed by atoms with Crippen molar-refractivity contribution < 1.29 is 4.74 Å². The molecule has 0 amide bonds. The minimum absolute atomic E-state index is 0.788. The maximum Gasteiger partial charge on any atom is 0.158 e. The number of aromatic nitrogens is 4. The lowest BCUT2D eigenvalue weighted by molar-refractivity contribution is 0.413. The molecule has 7 heteroatoms. The molecule has 0 atom stereocenters. The van der Waals surface area contributed by atoms with Gasteiger partial charge in [-0.25, -0.2) is 9.97 Å². The zero-order chi connectivity index (χ0) is 18.3. The summed E-state index contributed by atoms with van der Waals surface area (Å²) in [7, 11) is 3.68. The molecule has 0 N–H and O–H groups in total. The quantitative estimate of drug-likeness (QED) is 0.721. The molecule has 4 rings (SSSR count). The van der Waals surface area contributed by atoms with Crippen molar-refractivity contribution in [3.8, 4) is 5.75 Å². The van der Waals surface area contributed by atoms with Gasteiger partial charge in [0.15, 0.2) is 5.82 Å². The Bertz CT molecular complexity index is 943. The van der Waals surface area contributed by atoms with Crippen molar-refractivity contribution in [1.29, 1.82) is 0 Å². The van der Waals surface area contributed by atoms with Crippen LogP contribution in [0.15, 0.2) is 24.3 Å². The van der Waals surface area contributed by atoms with E-state index in [1.54, 1.807) is 7.11 Å². The number of fused-ring (bicyclic) bond motifs is 1. The highest BCUT2D eigenvalue weighted by Crippen LogP contribution is 2.30. The third-order valence-corrected chi connectivity index (χ3v) is 4.95. The van der Waals surface area contributed by atoms with Crippen molar-refractivity contribution in [2.24, 2.45) is 7.05 Å². The van der Waals surface area contributed by atoms with E-state index >= 15 is 0 Å². The number of anilines is 2. The van der Waals surface area contributed by atoms with E-state index in [-0.39, 0.29) is 0 Å². The lowest BCUT2D eigenvalue weighted by Gasteiger charge is -2.37. The summed E-state index contributed by atoms with van der Waals surface area (Å²) >= 11 is 0. The van der Waals surface area contributed by atoms with Crippen LogP contribution < -0.4 is 14.5 Å². The van der Waals surface area contributed by atoms with Gasteiger partial charge < -0.3 is 14.5 Å². The van der Waals surface area contributed by atoms with E-state index in [0.717, 1.165) is 66.0 Å². The molecule has 0 saturated carbocycles. The van der Waals surface area contributed by atoms with Crippen molar-refractivity contribution in [3.63, 3.8) is 0 Å². The van der Waals surface area contributed by atoms with Crippen LogP contribution >= 0.6 is 0 Å². The van der Waals surface area contributed by atoms with Gasteiger partial charge in [0.1, 0.15) is 22.6 Å². The minimum Gasteiger partial charge on any atom is -0.495 e. The van der Waals surface area contributed by atoms with Gasteiger partial charge in [0.05, 0.1) is 18.5 Å². The number of piperazine rings is 1. The molecule has 26 heavy (non-hydrogen) atoms. The van der Waals surface area contributed by atoms with E-state index in [1.165, 1.54) is 0 Å². The monoisotopic (exact) mass is 352 g/mol. The summed E-state index contributed by atoms with van der Waals surface area (Å²) in [4.78, 5) is 14.0. The fourth-order valence-electron chi connectivity index (χ4n) is 3.70. The molecule has 3 heterocycles. The van der Waals surface area contributed by atoms with Gasteiger partial charge in [0, 0.05) is 33.2 Å². The number of methoxy groups -OCH3 is 1. The first-order valence-electron chi connectivity index (χ1n) is 8.89. The number of hydrogen-bond donors (Lipinski definition) is 0. The number of aryl methyl sites for hydroxylation is 3. The number of para-hydroxylation sites is 2. The van der Waals surface area contributed by atoms with E-state index in [9.17, 15) is 0 Å². The van der Waals surface area contributed by atoms with Crippen LogP contribution in [0.2, 0.25) is 0 Å². The van der Waals surface area contributed by atoms with E-state index in [4.69, 9.17) is 9.72 Å². The molecule has 1 saturated heterocycles. The van der Waals surface area contributed by atoms with E-state index in [0.29, 0.717) is 0 Å². The highest BCUT2D eigenvalue weighted by atomic mass is 16.5. The van der Waals surface area contributed by atoms with Gasteiger partial charge >= 0.3 is 0 Å². The Labute approximate surface area is 153 Å². The lowest BCUT2D eigenvalue weighted by atomic mass is 10.2. The molecule has 2 aromatic heterocycles.